The molecule has 0 spiro atoms. The van der Waals surface area contributed by atoms with Crippen molar-refractivity contribution in [2.45, 2.75) is 50.9 Å². The van der Waals surface area contributed by atoms with Gasteiger partial charge in [-0.05, 0) is 42.9 Å². The van der Waals surface area contributed by atoms with E-state index in [0.717, 1.165) is 5.56 Å². The first kappa shape index (κ1) is 16.1. The standard InChI is InChI=1S/C20H22O6/c1-18-9-14(11-5-8-24-10-11)25-16(21)12(18)3-6-19(2)15(18)13-4-7-20(19,23)17(22)26-13/h4-5,7-8,10,12-15,23H,3,6,9H2,1-2H3/t12?,13-,14+,15+,18-,19-,20+/m1/s1. The summed E-state index contributed by atoms with van der Waals surface area (Å²) in [5, 5.41) is 11.2. The summed E-state index contributed by atoms with van der Waals surface area (Å²) < 4.78 is 16.4. The Bertz CT molecular complexity index is 812. The zero-order chi connectivity index (χ0) is 18.3. The number of cyclic esters (lactones) is 1. The number of fused-ring (bicyclic) bond motifs is 2. The molecule has 1 aromatic rings. The fourth-order valence-electron chi connectivity index (χ4n) is 6.16. The highest BCUT2D eigenvalue weighted by Crippen LogP contribution is 2.67. The van der Waals surface area contributed by atoms with Crippen LogP contribution in [0.2, 0.25) is 0 Å². The van der Waals surface area contributed by atoms with Crippen LogP contribution in [0.4, 0.5) is 0 Å². The van der Waals surface area contributed by atoms with Crippen LogP contribution in [0.1, 0.15) is 44.8 Å². The first-order valence-electron chi connectivity index (χ1n) is 9.15. The zero-order valence-corrected chi connectivity index (χ0v) is 14.8. The van der Waals surface area contributed by atoms with Crippen molar-refractivity contribution in [1.29, 1.82) is 0 Å². The van der Waals surface area contributed by atoms with Gasteiger partial charge in [0, 0.05) is 16.9 Å². The third-order valence-corrected chi connectivity index (χ3v) is 7.51. The molecule has 3 fully saturated rings. The Morgan fingerprint density at radius 3 is 2.73 bits per heavy atom. The quantitative estimate of drug-likeness (QED) is 0.613. The normalized spacial score (nSPS) is 49.2. The molecule has 138 valence electrons. The molecule has 2 bridgehead atoms. The molecule has 1 N–H and O–H groups in total. The first-order valence-corrected chi connectivity index (χ1v) is 9.15. The Morgan fingerprint density at radius 2 is 2.04 bits per heavy atom. The smallest absolute Gasteiger partial charge is 0.343 e. The van der Waals surface area contributed by atoms with Crippen LogP contribution in [0.3, 0.4) is 0 Å². The minimum Gasteiger partial charge on any atom is -0.472 e. The van der Waals surface area contributed by atoms with Gasteiger partial charge in [0.05, 0.1) is 18.4 Å². The van der Waals surface area contributed by atoms with Gasteiger partial charge >= 0.3 is 11.9 Å². The molecule has 5 aliphatic rings. The maximum absolute atomic E-state index is 12.8. The van der Waals surface area contributed by atoms with Gasteiger partial charge in [0.15, 0.2) is 5.60 Å². The van der Waals surface area contributed by atoms with Gasteiger partial charge in [-0.1, -0.05) is 13.8 Å². The Balaban J connectivity index is 1.61. The predicted molar refractivity (Wildman–Crippen MR) is 88.6 cm³/mol. The Morgan fingerprint density at radius 1 is 1.23 bits per heavy atom. The second-order valence-electron chi connectivity index (χ2n) is 8.67. The summed E-state index contributed by atoms with van der Waals surface area (Å²) in [5.74, 6) is -1.20. The summed E-state index contributed by atoms with van der Waals surface area (Å²) in [6.07, 6.45) is 7.52. The number of ether oxygens (including phenoxy) is 2. The van der Waals surface area contributed by atoms with Crippen molar-refractivity contribution >= 4 is 11.9 Å². The van der Waals surface area contributed by atoms with Crippen molar-refractivity contribution in [1.82, 2.24) is 0 Å². The van der Waals surface area contributed by atoms with E-state index in [1.807, 2.05) is 13.0 Å². The van der Waals surface area contributed by atoms with Crippen molar-refractivity contribution in [2.75, 3.05) is 0 Å². The molecule has 2 saturated heterocycles. The SMILES string of the molecule is C[C@@]12C[C@@H](c3ccoc3)OC(=O)C1CC[C@]1(C)[C@H]2[C@H]2C=C[C@]1(O)C(=O)O2. The van der Waals surface area contributed by atoms with E-state index in [9.17, 15) is 14.7 Å². The highest BCUT2D eigenvalue weighted by molar-refractivity contribution is 5.86. The number of esters is 2. The van der Waals surface area contributed by atoms with Crippen LogP contribution in [-0.4, -0.2) is 28.8 Å². The third-order valence-electron chi connectivity index (χ3n) is 7.51. The molecule has 0 amide bonds. The maximum atomic E-state index is 12.8. The minimum atomic E-state index is -1.63. The fourth-order valence-corrected chi connectivity index (χ4v) is 6.16. The molecule has 1 saturated carbocycles. The van der Waals surface area contributed by atoms with Gasteiger partial charge in [0.1, 0.15) is 12.2 Å². The van der Waals surface area contributed by atoms with Gasteiger partial charge < -0.3 is 19.0 Å². The van der Waals surface area contributed by atoms with E-state index >= 15 is 0 Å². The lowest BCUT2D eigenvalue weighted by Gasteiger charge is -2.65. The second kappa shape index (κ2) is 4.80. The summed E-state index contributed by atoms with van der Waals surface area (Å²) in [6.45, 7) is 4.04. The summed E-state index contributed by atoms with van der Waals surface area (Å²) in [4.78, 5) is 25.2. The van der Waals surface area contributed by atoms with Gasteiger partial charge in [0.2, 0.25) is 0 Å². The van der Waals surface area contributed by atoms with Crippen LogP contribution >= 0.6 is 0 Å². The van der Waals surface area contributed by atoms with Crippen LogP contribution in [0.25, 0.3) is 0 Å². The number of hydrogen-bond acceptors (Lipinski definition) is 6. The molecular formula is C20H22O6. The van der Waals surface area contributed by atoms with Gasteiger partial charge in [0.25, 0.3) is 0 Å². The highest BCUT2D eigenvalue weighted by atomic mass is 16.6. The van der Waals surface area contributed by atoms with E-state index in [-0.39, 0.29) is 23.9 Å². The molecule has 7 atom stereocenters. The molecule has 1 unspecified atom stereocenters. The molecule has 3 aliphatic heterocycles. The minimum absolute atomic E-state index is 0.149. The van der Waals surface area contributed by atoms with E-state index in [2.05, 4.69) is 6.92 Å². The number of aliphatic hydroxyl groups is 1. The van der Waals surface area contributed by atoms with E-state index in [0.29, 0.717) is 19.3 Å². The van der Waals surface area contributed by atoms with Crippen LogP contribution in [0.5, 0.6) is 0 Å². The fraction of sp³-hybridized carbons (Fsp3) is 0.600. The highest BCUT2D eigenvalue weighted by Gasteiger charge is 2.72. The maximum Gasteiger partial charge on any atom is 0.343 e. The average Bonchev–Trinajstić information content (AvgIpc) is 3.10. The van der Waals surface area contributed by atoms with Crippen molar-refractivity contribution in [3.63, 3.8) is 0 Å². The molecule has 1 aromatic heterocycles. The van der Waals surface area contributed by atoms with Crippen molar-refractivity contribution in [2.24, 2.45) is 22.7 Å². The molecule has 6 nitrogen and oxygen atoms in total. The Hall–Kier alpha value is -2.08. The van der Waals surface area contributed by atoms with Crippen LogP contribution in [-0.2, 0) is 19.1 Å². The number of rotatable bonds is 1. The lowest BCUT2D eigenvalue weighted by Crippen LogP contribution is -2.72. The first-order chi connectivity index (χ1) is 12.3. The molecule has 6 heteroatoms. The summed E-state index contributed by atoms with van der Waals surface area (Å²) in [7, 11) is 0. The molecule has 2 aliphatic carbocycles. The number of hydrogen-bond donors (Lipinski definition) is 1. The van der Waals surface area contributed by atoms with Crippen LogP contribution in [0, 0.1) is 22.7 Å². The Kier molecular flexibility index (Phi) is 2.97. The van der Waals surface area contributed by atoms with Gasteiger partial charge in [-0.25, -0.2) is 4.79 Å². The van der Waals surface area contributed by atoms with Crippen LogP contribution in [0.15, 0.2) is 35.2 Å². The molecule has 0 aromatic carbocycles. The van der Waals surface area contributed by atoms with Gasteiger partial charge in [-0.15, -0.1) is 0 Å². The summed E-state index contributed by atoms with van der Waals surface area (Å²) >= 11 is 0. The summed E-state index contributed by atoms with van der Waals surface area (Å²) in [6, 6.07) is 1.81. The predicted octanol–water partition coefficient (Wildman–Crippen LogP) is 2.53. The van der Waals surface area contributed by atoms with Crippen molar-refractivity contribution in [3.8, 4) is 0 Å². The lowest BCUT2D eigenvalue weighted by atomic mass is 9.42. The van der Waals surface area contributed by atoms with E-state index in [1.54, 1.807) is 24.7 Å². The summed E-state index contributed by atoms with van der Waals surface area (Å²) in [5.41, 5.74) is -1.91. The van der Waals surface area contributed by atoms with E-state index in [1.165, 1.54) is 0 Å². The van der Waals surface area contributed by atoms with E-state index < -0.39 is 28.5 Å². The molecule has 0 radical (unpaired) electrons. The number of furan rings is 1. The second-order valence-corrected chi connectivity index (χ2v) is 8.67. The average molecular weight is 358 g/mol. The number of carbonyl (C=O) groups is 2. The Labute approximate surface area is 151 Å². The molecule has 6 rings (SSSR count). The zero-order valence-electron chi connectivity index (χ0n) is 14.8. The largest absolute Gasteiger partial charge is 0.472 e. The third kappa shape index (κ3) is 1.71. The van der Waals surface area contributed by atoms with E-state index in [4.69, 9.17) is 13.9 Å². The molecule has 26 heavy (non-hydrogen) atoms. The molecule has 4 heterocycles. The molecular weight excluding hydrogens is 336 g/mol. The van der Waals surface area contributed by atoms with Crippen LogP contribution < -0.4 is 0 Å². The van der Waals surface area contributed by atoms with Gasteiger partial charge in [-0.3, -0.25) is 4.79 Å². The van der Waals surface area contributed by atoms with Crippen molar-refractivity contribution < 1.29 is 28.6 Å². The number of carbonyl (C=O) groups excluding carboxylic acids is 2. The lowest BCUT2D eigenvalue weighted by molar-refractivity contribution is -0.259. The monoisotopic (exact) mass is 358 g/mol. The topological polar surface area (TPSA) is 86.0 Å². The van der Waals surface area contributed by atoms with Gasteiger partial charge in [-0.2, -0.15) is 0 Å². The van der Waals surface area contributed by atoms with Crippen molar-refractivity contribution in [3.05, 3.63) is 36.3 Å².